The standard InChI is InChI=1S/C24H32F2O/c1-3-5-18-10-12-20(13-11-18)21-14-15-22(24(26)23(21)25)27-16-19-8-6-17(4-2)7-9-19/h4,10,12,14-15,17-20H,2-3,5-9,11,13,16H2,1H3. The number of rotatable bonds is 7. The molecule has 0 aromatic heterocycles. The van der Waals surface area contributed by atoms with E-state index < -0.39 is 11.6 Å². The van der Waals surface area contributed by atoms with Gasteiger partial charge in [-0.3, -0.25) is 0 Å². The Bertz CT molecular complexity index is 659. The average Bonchev–Trinajstić information content (AvgIpc) is 2.70. The molecule has 1 fully saturated rings. The topological polar surface area (TPSA) is 9.23 Å². The fourth-order valence-corrected chi connectivity index (χ4v) is 4.49. The van der Waals surface area contributed by atoms with Crippen molar-refractivity contribution >= 4 is 0 Å². The van der Waals surface area contributed by atoms with E-state index in [-0.39, 0.29) is 11.7 Å². The van der Waals surface area contributed by atoms with E-state index >= 15 is 0 Å². The molecule has 27 heavy (non-hydrogen) atoms. The molecular formula is C24H32F2O. The maximum absolute atomic E-state index is 14.7. The second-order valence-corrected chi connectivity index (χ2v) is 8.23. The minimum atomic E-state index is -0.837. The highest BCUT2D eigenvalue weighted by Gasteiger charge is 2.24. The lowest BCUT2D eigenvalue weighted by Gasteiger charge is -2.27. The van der Waals surface area contributed by atoms with E-state index in [1.165, 1.54) is 6.42 Å². The zero-order valence-electron chi connectivity index (χ0n) is 16.4. The van der Waals surface area contributed by atoms with Gasteiger partial charge in [-0.1, -0.05) is 37.6 Å². The Morgan fingerprint density at radius 2 is 1.81 bits per heavy atom. The van der Waals surface area contributed by atoms with Crippen LogP contribution in [-0.4, -0.2) is 6.61 Å². The third kappa shape index (κ3) is 5.00. The summed E-state index contributed by atoms with van der Waals surface area (Å²) in [5, 5.41) is 0. The van der Waals surface area contributed by atoms with Crippen LogP contribution in [0.5, 0.6) is 5.75 Å². The number of benzene rings is 1. The third-order valence-corrected chi connectivity index (χ3v) is 6.30. The molecule has 3 rings (SSSR count). The molecule has 1 nitrogen and oxygen atoms in total. The molecule has 0 spiro atoms. The van der Waals surface area contributed by atoms with Gasteiger partial charge in [-0.25, -0.2) is 4.39 Å². The van der Waals surface area contributed by atoms with Gasteiger partial charge in [0.25, 0.3) is 0 Å². The largest absolute Gasteiger partial charge is 0.490 e. The molecule has 0 radical (unpaired) electrons. The van der Waals surface area contributed by atoms with Crippen LogP contribution in [0.1, 0.15) is 69.8 Å². The summed E-state index contributed by atoms with van der Waals surface area (Å²) < 4.78 is 34.9. The van der Waals surface area contributed by atoms with Crippen LogP contribution >= 0.6 is 0 Å². The molecule has 0 bridgehead atoms. The Morgan fingerprint density at radius 1 is 1.04 bits per heavy atom. The molecule has 2 unspecified atom stereocenters. The maximum atomic E-state index is 14.7. The van der Waals surface area contributed by atoms with Crippen LogP contribution in [0.15, 0.2) is 36.9 Å². The number of hydrogen-bond donors (Lipinski definition) is 0. The molecule has 1 saturated carbocycles. The van der Waals surface area contributed by atoms with E-state index in [9.17, 15) is 8.78 Å². The van der Waals surface area contributed by atoms with Crippen molar-refractivity contribution in [1.29, 1.82) is 0 Å². The van der Waals surface area contributed by atoms with Crippen LogP contribution < -0.4 is 4.74 Å². The summed E-state index contributed by atoms with van der Waals surface area (Å²) in [4.78, 5) is 0. The number of halogens is 2. The summed E-state index contributed by atoms with van der Waals surface area (Å²) in [6, 6.07) is 3.31. The Balaban J connectivity index is 1.60. The molecular weight excluding hydrogens is 342 g/mol. The summed E-state index contributed by atoms with van der Waals surface area (Å²) in [5.41, 5.74) is 0.456. The fraction of sp³-hybridized carbons (Fsp3) is 0.583. The van der Waals surface area contributed by atoms with E-state index in [2.05, 4.69) is 25.7 Å². The highest BCUT2D eigenvalue weighted by atomic mass is 19.2. The fourth-order valence-electron chi connectivity index (χ4n) is 4.49. The molecule has 1 aromatic carbocycles. The number of hydrogen-bond acceptors (Lipinski definition) is 1. The molecule has 3 heteroatoms. The maximum Gasteiger partial charge on any atom is 0.200 e. The Labute approximate surface area is 162 Å². The van der Waals surface area contributed by atoms with Gasteiger partial charge in [-0.05, 0) is 74.3 Å². The molecule has 2 aliphatic rings. The van der Waals surface area contributed by atoms with Gasteiger partial charge in [0, 0.05) is 5.92 Å². The van der Waals surface area contributed by atoms with Gasteiger partial charge in [-0.15, -0.1) is 6.58 Å². The molecule has 148 valence electrons. The van der Waals surface area contributed by atoms with E-state index in [4.69, 9.17) is 4.74 Å². The summed E-state index contributed by atoms with van der Waals surface area (Å²) in [6.45, 7) is 6.50. The second kappa shape index (κ2) is 9.52. The first-order valence-electron chi connectivity index (χ1n) is 10.5. The second-order valence-electron chi connectivity index (χ2n) is 8.23. The molecule has 0 N–H and O–H groups in total. The number of allylic oxidation sites excluding steroid dienone is 3. The van der Waals surface area contributed by atoms with Gasteiger partial charge in [0.05, 0.1) is 6.61 Å². The molecule has 1 aromatic rings. The van der Waals surface area contributed by atoms with Gasteiger partial charge < -0.3 is 4.74 Å². The Morgan fingerprint density at radius 3 is 2.44 bits per heavy atom. The SMILES string of the molecule is C=CC1CCC(COc2ccc(C3C=CC(CCC)CC3)c(F)c2F)CC1. The molecule has 0 saturated heterocycles. The first kappa shape index (κ1) is 20.1. The van der Waals surface area contributed by atoms with E-state index in [0.29, 0.717) is 29.9 Å². The zero-order chi connectivity index (χ0) is 19.2. The van der Waals surface area contributed by atoms with Gasteiger partial charge >= 0.3 is 0 Å². The average molecular weight is 375 g/mol. The van der Waals surface area contributed by atoms with Crippen molar-refractivity contribution < 1.29 is 13.5 Å². The predicted octanol–water partition coefficient (Wildman–Crippen LogP) is 7.19. The quantitative estimate of drug-likeness (QED) is 0.459. The van der Waals surface area contributed by atoms with Crippen LogP contribution in [-0.2, 0) is 0 Å². The highest BCUT2D eigenvalue weighted by Crippen LogP contribution is 2.36. The first-order chi connectivity index (χ1) is 13.1. The van der Waals surface area contributed by atoms with Gasteiger partial charge in [0.15, 0.2) is 11.6 Å². The lowest BCUT2D eigenvalue weighted by molar-refractivity contribution is 0.188. The summed E-state index contributed by atoms with van der Waals surface area (Å²) in [7, 11) is 0. The van der Waals surface area contributed by atoms with Gasteiger partial charge in [0.1, 0.15) is 0 Å². The van der Waals surface area contributed by atoms with Crippen molar-refractivity contribution in [3.63, 3.8) is 0 Å². The molecule has 0 heterocycles. The third-order valence-electron chi connectivity index (χ3n) is 6.30. The van der Waals surface area contributed by atoms with Crippen molar-refractivity contribution in [1.82, 2.24) is 0 Å². The molecule has 2 aliphatic carbocycles. The monoisotopic (exact) mass is 374 g/mol. The first-order valence-corrected chi connectivity index (χ1v) is 10.5. The van der Waals surface area contributed by atoms with E-state index in [1.807, 2.05) is 6.08 Å². The van der Waals surface area contributed by atoms with E-state index in [1.54, 1.807) is 12.1 Å². The Hall–Kier alpha value is -1.64. The molecule has 0 amide bonds. The number of ether oxygens (including phenoxy) is 1. The summed E-state index contributed by atoms with van der Waals surface area (Å²) in [6.07, 6.45) is 14.8. The lowest BCUT2D eigenvalue weighted by atomic mass is 9.82. The van der Waals surface area contributed by atoms with Crippen molar-refractivity contribution in [3.8, 4) is 5.75 Å². The van der Waals surface area contributed by atoms with Crippen molar-refractivity contribution in [2.24, 2.45) is 17.8 Å². The van der Waals surface area contributed by atoms with Crippen molar-refractivity contribution in [3.05, 3.63) is 54.1 Å². The van der Waals surface area contributed by atoms with Crippen molar-refractivity contribution in [2.75, 3.05) is 6.61 Å². The minimum absolute atomic E-state index is 0.0316. The predicted molar refractivity (Wildman–Crippen MR) is 107 cm³/mol. The highest BCUT2D eigenvalue weighted by molar-refractivity contribution is 5.35. The van der Waals surface area contributed by atoms with Crippen LogP contribution in [0.2, 0.25) is 0 Å². The van der Waals surface area contributed by atoms with Crippen LogP contribution in [0, 0.1) is 29.4 Å². The van der Waals surface area contributed by atoms with Gasteiger partial charge in [-0.2, -0.15) is 4.39 Å². The lowest BCUT2D eigenvalue weighted by Crippen LogP contribution is -2.19. The Kier molecular flexibility index (Phi) is 7.09. The van der Waals surface area contributed by atoms with Crippen LogP contribution in [0.25, 0.3) is 0 Å². The van der Waals surface area contributed by atoms with Gasteiger partial charge in [0.2, 0.25) is 5.82 Å². The van der Waals surface area contributed by atoms with Crippen LogP contribution in [0.3, 0.4) is 0 Å². The molecule has 0 aliphatic heterocycles. The zero-order valence-corrected chi connectivity index (χ0v) is 16.4. The van der Waals surface area contributed by atoms with E-state index in [0.717, 1.165) is 44.9 Å². The minimum Gasteiger partial charge on any atom is -0.490 e. The molecule has 2 atom stereocenters. The summed E-state index contributed by atoms with van der Waals surface area (Å²) >= 11 is 0. The van der Waals surface area contributed by atoms with Crippen LogP contribution in [0.4, 0.5) is 8.78 Å². The van der Waals surface area contributed by atoms with Crippen molar-refractivity contribution in [2.45, 2.75) is 64.2 Å². The summed E-state index contributed by atoms with van der Waals surface area (Å²) in [5.74, 6) is 0.0256. The normalized spacial score (nSPS) is 28.1. The smallest absolute Gasteiger partial charge is 0.200 e.